The van der Waals surface area contributed by atoms with Crippen LogP contribution in [0.2, 0.25) is 0 Å². The van der Waals surface area contributed by atoms with Gasteiger partial charge >= 0.3 is 0 Å². The Labute approximate surface area is 147 Å². The lowest BCUT2D eigenvalue weighted by Gasteiger charge is -2.40. The van der Waals surface area contributed by atoms with Crippen LogP contribution >= 0.6 is 0 Å². The molecule has 6 heteroatoms. The summed E-state index contributed by atoms with van der Waals surface area (Å²) in [6.45, 7) is 5.58. The minimum absolute atomic E-state index is 0.252. The first-order chi connectivity index (χ1) is 12.2. The van der Waals surface area contributed by atoms with Crippen molar-refractivity contribution in [2.45, 2.75) is 13.0 Å². The van der Waals surface area contributed by atoms with Crippen LogP contribution in [0.3, 0.4) is 0 Å². The molecule has 0 bridgehead atoms. The lowest BCUT2D eigenvalue weighted by atomic mass is 10.1. The third kappa shape index (κ3) is 4.33. The number of halogens is 1. The monoisotopic (exact) mass is 342 g/mol. The Morgan fingerprint density at radius 1 is 1.24 bits per heavy atom. The van der Waals surface area contributed by atoms with Crippen LogP contribution in [-0.2, 0) is 4.84 Å². The molecule has 1 fully saturated rings. The summed E-state index contributed by atoms with van der Waals surface area (Å²) < 4.78 is 13.2. The van der Waals surface area contributed by atoms with Gasteiger partial charge in [0.1, 0.15) is 24.5 Å². The van der Waals surface area contributed by atoms with E-state index in [1.807, 2.05) is 24.4 Å². The van der Waals surface area contributed by atoms with Crippen molar-refractivity contribution in [2.75, 3.05) is 38.2 Å². The maximum Gasteiger partial charge on any atom is 0.128 e. The number of oxime groups is 1. The van der Waals surface area contributed by atoms with E-state index in [0.717, 1.165) is 36.7 Å². The topological polar surface area (TPSA) is 41.0 Å². The molecule has 3 rings (SSSR count). The van der Waals surface area contributed by atoms with Crippen LogP contribution in [0.15, 0.2) is 53.8 Å². The third-order valence-electron chi connectivity index (χ3n) is 4.47. The highest BCUT2D eigenvalue weighted by molar-refractivity contribution is 6.01. The number of nitrogens with zero attached hydrogens (tertiary/aromatic N) is 4. The molecule has 0 unspecified atom stereocenters. The fourth-order valence-corrected chi connectivity index (χ4v) is 3.10. The van der Waals surface area contributed by atoms with Crippen molar-refractivity contribution in [2.24, 2.45) is 5.16 Å². The van der Waals surface area contributed by atoms with Crippen LogP contribution in [0.5, 0.6) is 0 Å². The molecule has 25 heavy (non-hydrogen) atoms. The number of hydrogen-bond donors (Lipinski definition) is 0. The molecule has 2 aromatic rings. The summed E-state index contributed by atoms with van der Waals surface area (Å²) in [6, 6.07) is 12.7. The van der Waals surface area contributed by atoms with E-state index in [1.165, 1.54) is 19.2 Å². The fourth-order valence-electron chi connectivity index (χ4n) is 3.10. The van der Waals surface area contributed by atoms with Crippen molar-refractivity contribution < 1.29 is 9.23 Å². The van der Waals surface area contributed by atoms with Crippen LogP contribution in [-0.4, -0.2) is 54.9 Å². The van der Waals surface area contributed by atoms with Crippen molar-refractivity contribution in [1.82, 2.24) is 9.88 Å². The zero-order valence-corrected chi connectivity index (χ0v) is 14.6. The van der Waals surface area contributed by atoms with E-state index in [9.17, 15) is 4.39 Å². The number of benzene rings is 1. The van der Waals surface area contributed by atoms with Crippen molar-refractivity contribution in [3.63, 3.8) is 0 Å². The van der Waals surface area contributed by atoms with E-state index >= 15 is 0 Å². The number of rotatable bonds is 5. The third-order valence-corrected chi connectivity index (χ3v) is 4.47. The van der Waals surface area contributed by atoms with Crippen molar-refractivity contribution in [1.29, 1.82) is 0 Å². The van der Waals surface area contributed by atoms with Crippen LogP contribution in [0.4, 0.5) is 10.2 Å². The SMILES string of the molecule is CON=C(CN1CCN(c2ccccn2)C[C@@H]1C)c1ccc(F)cc1. The zero-order valence-electron chi connectivity index (χ0n) is 14.6. The maximum absolute atomic E-state index is 13.2. The van der Waals surface area contributed by atoms with Gasteiger partial charge in [-0.05, 0) is 31.2 Å². The highest BCUT2D eigenvalue weighted by atomic mass is 19.1. The number of pyridine rings is 1. The molecule has 1 aliphatic rings. The number of aromatic nitrogens is 1. The molecule has 1 saturated heterocycles. The maximum atomic E-state index is 13.2. The minimum atomic E-state index is -0.252. The summed E-state index contributed by atoms with van der Waals surface area (Å²) in [7, 11) is 1.53. The van der Waals surface area contributed by atoms with Gasteiger partial charge in [-0.3, -0.25) is 4.90 Å². The predicted octanol–water partition coefficient (Wildman–Crippen LogP) is 2.78. The second-order valence-electron chi connectivity index (χ2n) is 6.18. The van der Waals surface area contributed by atoms with Gasteiger partial charge in [0.25, 0.3) is 0 Å². The van der Waals surface area contributed by atoms with Crippen molar-refractivity contribution >= 4 is 11.5 Å². The van der Waals surface area contributed by atoms with Gasteiger partial charge in [0.05, 0.1) is 0 Å². The van der Waals surface area contributed by atoms with Crippen molar-refractivity contribution in [3.8, 4) is 0 Å². The Bertz CT molecular complexity index is 705. The van der Waals surface area contributed by atoms with E-state index < -0.39 is 0 Å². The second-order valence-corrected chi connectivity index (χ2v) is 6.18. The molecule has 0 spiro atoms. The molecule has 1 atom stereocenters. The molecule has 5 nitrogen and oxygen atoms in total. The van der Waals surface area contributed by atoms with Gasteiger partial charge < -0.3 is 9.74 Å². The summed E-state index contributed by atoms with van der Waals surface area (Å²) in [5.41, 5.74) is 1.68. The van der Waals surface area contributed by atoms with E-state index in [1.54, 1.807) is 12.1 Å². The van der Waals surface area contributed by atoms with Gasteiger partial charge in [0.2, 0.25) is 0 Å². The molecule has 0 amide bonds. The highest BCUT2D eigenvalue weighted by Crippen LogP contribution is 2.17. The first-order valence-corrected chi connectivity index (χ1v) is 8.43. The number of piperazine rings is 1. The highest BCUT2D eigenvalue weighted by Gasteiger charge is 2.25. The zero-order chi connectivity index (χ0) is 17.6. The molecule has 1 aliphatic heterocycles. The summed E-state index contributed by atoms with van der Waals surface area (Å²) in [6.07, 6.45) is 1.82. The molecular weight excluding hydrogens is 319 g/mol. The summed E-state index contributed by atoms with van der Waals surface area (Å²) >= 11 is 0. The second kappa shape index (κ2) is 8.07. The average molecular weight is 342 g/mol. The van der Waals surface area contributed by atoms with E-state index in [0.29, 0.717) is 12.6 Å². The largest absolute Gasteiger partial charge is 0.399 e. The molecule has 1 aromatic heterocycles. The minimum Gasteiger partial charge on any atom is -0.399 e. The van der Waals surface area contributed by atoms with Gasteiger partial charge in [0.15, 0.2) is 0 Å². The Balaban J connectivity index is 1.68. The predicted molar refractivity (Wildman–Crippen MR) is 97.4 cm³/mol. The van der Waals surface area contributed by atoms with Crippen LogP contribution in [0, 0.1) is 5.82 Å². The molecule has 132 valence electrons. The molecule has 2 heterocycles. The lowest BCUT2D eigenvalue weighted by Crippen LogP contribution is -2.53. The Morgan fingerprint density at radius 2 is 2.04 bits per heavy atom. The smallest absolute Gasteiger partial charge is 0.128 e. The average Bonchev–Trinajstić information content (AvgIpc) is 2.64. The lowest BCUT2D eigenvalue weighted by molar-refractivity contribution is 0.197. The number of hydrogen-bond acceptors (Lipinski definition) is 5. The molecular formula is C19H23FN4O. The van der Waals surface area contributed by atoms with Gasteiger partial charge in [-0.25, -0.2) is 9.37 Å². The van der Waals surface area contributed by atoms with E-state index in [-0.39, 0.29) is 5.82 Å². The normalized spacial score (nSPS) is 19.1. The van der Waals surface area contributed by atoms with Gasteiger partial charge in [-0.15, -0.1) is 0 Å². The van der Waals surface area contributed by atoms with Crippen LogP contribution in [0.25, 0.3) is 0 Å². The molecule has 0 aliphatic carbocycles. The molecule has 1 aromatic carbocycles. The number of anilines is 1. The quantitative estimate of drug-likeness (QED) is 0.619. The molecule has 0 saturated carbocycles. The summed E-state index contributed by atoms with van der Waals surface area (Å²) in [4.78, 5) is 14.1. The fraction of sp³-hybridized carbons (Fsp3) is 0.368. The van der Waals surface area contributed by atoms with Gasteiger partial charge in [0, 0.05) is 44.0 Å². The van der Waals surface area contributed by atoms with Crippen LogP contribution in [0.1, 0.15) is 12.5 Å². The van der Waals surface area contributed by atoms with Crippen molar-refractivity contribution in [3.05, 3.63) is 60.0 Å². The van der Waals surface area contributed by atoms with Gasteiger partial charge in [-0.2, -0.15) is 0 Å². The summed E-state index contributed by atoms with van der Waals surface area (Å²) in [5, 5.41) is 4.16. The first-order valence-electron chi connectivity index (χ1n) is 8.43. The molecule has 0 N–H and O–H groups in total. The molecule has 0 radical (unpaired) electrons. The Hall–Kier alpha value is -2.47. The van der Waals surface area contributed by atoms with Gasteiger partial charge in [-0.1, -0.05) is 23.4 Å². The van der Waals surface area contributed by atoms with E-state index in [4.69, 9.17) is 4.84 Å². The Morgan fingerprint density at radius 3 is 2.68 bits per heavy atom. The first kappa shape index (κ1) is 17.4. The van der Waals surface area contributed by atoms with Crippen LogP contribution < -0.4 is 4.90 Å². The standard InChI is InChI=1S/C19H23FN4O/c1-15-13-24(19-5-3-4-10-21-19)12-11-23(15)14-18(22-25-2)16-6-8-17(20)9-7-16/h3-10,15H,11-14H2,1-2H3/t15-/m0/s1. The van der Waals surface area contributed by atoms with E-state index in [2.05, 4.69) is 26.9 Å². The summed E-state index contributed by atoms with van der Waals surface area (Å²) in [5.74, 6) is 0.760. The Kier molecular flexibility index (Phi) is 5.60.